The molecular formula is C24H22FN3O2. The molecule has 3 aromatic carbocycles. The summed E-state index contributed by atoms with van der Waals surface area (Å²) in [6, 6.07) is 19.5. The number of carbonyl (C=O) groups excluding carboxylic acids is 1. The van der Waals surface area contributed by atoms with Gasteiger partial charge < -0.3 is 19.9 Å². The van der Waals surface area contributed by atoms with Crippen molar-refractivity contribution in [1.82, 2.24) is 5.32 Å². The third-order valence-corrected chi connectivity index (χ3v) is 5.55. The fourth-order valence-corrected chi connectivity index (χ4v) is 4.02. The number of carbonyl (C=O) groups is 1. The maximum atomic E-state index is 13.6. The van der Waals surface area contributed by atoms with Crippen LogP contribution in [0.25, 0.3) is 0 Å². The van der Waals surface area contributed by atoms with E-state index in [1.807, 2.05) is 42.5 Å². The highest BCUT2D eigenvalue weighted by molar-refractivity contribution is 6.10. The summed E-state index contributed by atoms with van der Waals surface area (Å²) >= 11 is 0. The SMILES string of the molecule is O=C1c2cccc(N3CCNCC3)c2Oc2ccccc2N1Cc1ccc(F)cc1. The van der Waals surface area contributed by atoms with Crippen molar-refractivity contribution in [2.75, 3.05) is 36.0 Å². The number of ether oxygens (including phenoxy) is 1. The van der Waals surface area contributed by atoms with Gasteiger partial charge in [-0.25, -0.2) is 4.39 Å². The van der Waals surface area contributed by atoms with Crippen LogP contribution in [0.15, 0.2) is 66.7 Å². The van der Waals surface area contributed by atoms with Crippen molar-refractivity contribution in [2.24, 2.45) is 0 Å². The Morgan fingerprint density at radius 3 is 2.43 bits per heavy atom. The van der Waals surface area contributed by atoms with Gasteiger partial charge in [-0.3, -0.25) is 4.79 Å². The number of hydrogen-bond donors (Lipinski definition) is 1. The summed E-state index contributed by atoms with van der Waals surface area (Å²) in [5.41, 5.74) is 3.01. The van der Waals surface area contributed by atoms with Gasteiger partial charge in [0.05, 0.1) is 23.5 Å². The molecule has 0 bridgehead atoms. The van der Waals surface area contributed by atoms with Gasteiger partial charge in [0, 0.05) is 26.2 Å². The zero-order chi connectivity index (χ0) is 20.5. The van der Waals surface area contributed by atoms with Gasteiger partial charge in [0.2, 0.25) is 0 Å². The Balaban J connectivity index is 1.60. The van der Waals surface area contributed by atoms with Crippen LogP contribution in [0, 0.1) is 5.82 Å². The second-order valence-electron chi connectivity index (χ2n) is 7.48. The van der Waals surface area contributed by atoms with Crippen LogP contribution in [0.3, 0.4) is 0 Å². The summed E-state index contributed by atoms with van der Waals surface area (Å²) < 4.78 is 19.7. The van der Waals surface area contributed by atoms with E-state index in [9.17, 15) is 9.18 Å². The lowest BCUT2D eigenvalue weighted by molar-refractivity contribution is 0.0985. The Morgan fingerprint density at radius 1 is 0.900 bits per heavy atom. The van der Waals surface area contributed by atoms with Gasteiger partial charge in [-0.1, -0.05) is 30.3 Å². The molecule has 0 radical (unpaired) electrons. The van der Waals surface area contributed by atoms with Gasteiger partial charge in [-0.2, -0.15) is 0 Å². The van der Waals surface area contributed by atoms with Gasteiger partial charge in [-0.15, -0.1) is 0 Å². The van der Waals surface area contributed by atoms with E-state index in [0.717, 1.165) is 37.4 Å². The molecular weight excluding hydrogens is 381 g/mol. The van der Waals surface area contributed by atoms with Gasteiger partial charge in [0.15, 0.2) is 11.5 Å². The standard InChI is InChI=1S/C24H22FN3O2/c25-18-10-8-17(9-11-18)16-28-20-5-1-2-7-22(20)30-23-19(24(28)29)4-3-6-21(23)27-14-12-26-13-15-27/h1-11,26H,12-16H2. The summed E-state index contributed by atoms with van der Waals surface area (Å²) in [5, 5.41) is 3.36. The molecule has 1 fully saturated rings. The Hall–Kier alpha value is -3.38. The smallest absolute Gasteiger partial charge is 0.262 e. The number of fused-ring (bicyclic) bond motifs is 2. The predicted molar refractivity (Wildman–Crippen MR) is 115 cm³/mol. The lowest BCUT2D eigenvalue weighted by Gasteiger charge is -2.31. The molecule has 0 saturated carbocycles. The van der Waals surface area contributed by atoms with Crippen molar-refractivity contribution in [1.29, 1.82) is 0 Å². The van der Waals surface area contributed by atoms with E-state index in [0.29, 0.717) is 29.3 Å². The largest absolute Gasteiger partial charge is 0.452 e. The second kappa shape index (κ2) is 7.80. The van der Waals surface area contributed by atoms with Crippen LogP contribution in [-0.2, 0) is 6.54 Å². The van der Waals surface area contributed by atoms with Gasteiger partial charge in [-0.05, 0) is 42.0 Å². The lowest BCUT2D eigenvalue weighted by Crippen LogP contribution is -2.43. The Kier molecular flexibility index (Phi) is 4.85. The number of nitrogens with one attached hydrogen (secondary N) is 1. The molecule has 0 atom stereocenters. The van der Waals surface area contributed by atoms with Crippen molar-refractivity contribution in [3.05, 3.63) is 83.7 Å². The molecule has 1 saturated heterocycles. The summed E-state index contributed by atoms with van der Waals surface area (Å²) in [5.74, 6) is 0.805. The van der Waals surface area contributed by atoms with Crippen molar-refractivity contribution >= 4 is 17.3 Å². The molecule has 5 nitrogen and oxygen atoms in total. The number of halogens is 1. The number of anilines is 2. The third kappa shape index (κ3) is 3.39. The number of para-hydroxylation sites is 3. The number of benzene rings is 3. The summed E-state index contributed by atoms with van der Waals surface area (Å²) in [6.07, 6.45) is 0. The normalized spacial score (nSPS) is 15.8. The van der Waals surface area contributed by atoms with Crippen LogP contribution in [0.2, 0.25) is 0 Å². The van der Waals surface area contributed by atoms with Crippen LogP contribution < -0.4 is 19.9 Å². The van der Waals surface area contributed by atoms with Crippen LogP contribution >= 0.6 is 0 Å². The predicted octanol–water partition coefficient (Wildman–Crippen LogP) is 4.19. The molecule has 0 aromatic heterocycles. The highest BCUT2D eigenvalue weighted by Crippen LogP contribution is 2.44. The fourth-order valence-electron chi connectivity index (χ4n) is 4.02. The Bertz CT molecular complexity index is 1080. The average Bonchev–Trinajstić information content (AvgIpc) is 2.90. The lowest BCUT2D eigenvalue weighted by atomic mass is 10.1. The van der Waals surface area contributed by atoms with E-state index in [4.69, 9.17) is 4.74 Å². The number of hydrogen-bond acceptors (Lipinski definition) is 4. The Labute approximate surface area is 174 Å². The monoisotopic (exact) mass is 403 g/mol. The van der Waals surface area contributed by atoms with Crippen LogP contribution in [0.4, 0.5) is 15.8 Å². The molecule has 1 N–H and O–H groups in total. The summed E-state index contributed by atoms with van der Waals surface area (Å²) in [4.78, 5) is 17.6. The topological polar surface area (TPSA) is 44.8 Å². The molecule has 6 heteroatoms. The molecule has 30 heavy (non-hydrogen) atoms. The molecule has 5 rings (SSSR count). The second-order valence-corrected chi connectivity index (χ2v) is 7.48. The maximum Gasteiger partial charge on any atom is 0.262 e. The van der Waals surface area contributed by atoms with E-state index in [2.05, 4.69) is 10.2 Å². The molecule has 2 aliphatic rings. The number of piperazine rings is 1. The van der Waals surface area contributed by atoms with Crippen LogP contribution in [0.5, 0.6) is 11.5 Å². The highest BCUT2D eigenvalue weighted by atomic mass is 19.1. The van der Waals surface area contributed by atoms with E-state index < -0.39 is 0 Å². The number of rotatable bonds is 3. The quantitative estimate of drug-likeness (QED) is 0.712. The molecule has 1 amide bonds. The minimum atomic E-state index is -0.296. The minimum absolute atomic E-state index is 0.128. The van der Waals surface area contributed by atoms with E-state index in [1.165, 1.54) is 12.1 Å². The summed E-state index contributed by atoms with van der Waals surface area (Å²) in [6.45, 7) is 3.83. The maximum absolute atomic E-state index is 13.6. The first-order valence-corrected chi connectivity index (χ1v) is 10.1. The zero-order valence-electron chi connectivity index (χ0n) is 16.5. The van der Waals surface area contributed by atoms with Crippen molar-refractivity contribution in [2.45, 2.75) is 6.54 Å². The van der Waals surface area contributed by atoms with Gasteiger partial charge >= 0.3 is 0 Å². The molecule has 0 unspecified atom stereocenters. The highest BCUT2D eigenvalue weighted by Gasteiger charge is 2.31. The first-order valence-electron chi connectivity index (χ1n) is 10.1. The molecule has 2 aliphatic heterocycles. The first kappa shape index (κ1) is 18.6. The number of nitrogens with zero attached hydrogens (tertiary/aromatic N) is 2. The molecule has 152 valence electrons. The van der Waals surface area contributed by atoms with E-state index in [1.54, 1.807) is 17.0 Å². The van der Waals surface area contributed by atoms with Gasteiger partial charge in [0.1, 0.15) is 5.82 Å². The molecule has 3 aromatic rings. The van der Waals surface area contributed by atoms with Crippen molar-refractivity contribution in [3.8, 4) is 11.5 Å². The van der Waals surface area contributed by atoms with Crippen molar-refractivity contribution < 1.29 is 13.9 Å². The minimum Gasteiger partial charge on any atom is -0.452 e. The third-order valence-electron chi connectivity index (χ3n) is 5.55. The first-order chi connectivity index (χ1) is 14.7. The fraction of sp³-hybridized carbons (Fsp3) is 0.208. The zero-order valence-corrected chi connectivity index (χ0v) is 16.5. The van der Waals surface area contributed by atoms with E-state index in [-0.39, 0.29) is 11.7 Å². The van der Waals surface area contributed by atoms with Gasteiger partial charge in [0.25, 0.3) is 5.91 Å². The summed E-state index contributed by atoms with van der Waals surface area (Å²) in [7, 11) is 0. The molecule has 0 aliphatic carbocycles. The number of amides is 1. The Morgan fingerprint density at radius 2 is 1.63 bits per heavy atom. The molecule has 0 spiro atoms. The average molecular weight is 403 g/mol. The van der Waals surface area contributed by atoms with Crippen LogP contribution in [0.1, 0.15) is 15.9 Å². The molecule has 2 heterocycles. The van der Waals surface area contributed by atoms with E-state index >= 15 is 0 Å². The van der Waals surface area contributed by atoms with Crippen LogP contribution in [-0.4, -0.2) is 32.1 Å². The van der Waals surface area contributed by atoms with Crippen molar-refractivity contribution in [3.63, 3.8) is 0 Å².